The van der Waals surface area contributed by atoms with E-state index in [1.165, 1.54) is 12.1 Å². The lowest BCUT2D eigenvalue weighted by Crippen LogP contribution is -2.39. The summed E-state index contributed by atoms with van der Waals surface area (Å²) in [4.78, 5) is 12.1. The summed E-state index contributed by atoms with van der Waals surface area (Å²) in [5.74, 6) is -5.58. The average molecular weight is 464 g/mol. The minimum atomic E-state index is -4.05. The molecule has 162 valence electrons. The number of aliphatic hydroxyl groups excluding tert-OH is 2. The number of anilines is 1. The van der Waals surface area contributed by atoms with Gasteiger partial charge in [-0.2, -0.15) is 0 Å². The van der Waals surface area contributed by atoms with Crippen LogP contribution in [0.25, 0.3) is 0 Å². The first kappa shape index (κ1) is 22.5. The lowest BCUT2D eigenvalue weighted by molar-refractivity contribution is -0.00753. The maximum Gasteiger partial charge on any atom is 0.255 e. The number of halogens is 4. The van der Waals surface area contributed by atoms with E-state index >= 15 is 0 Å². The molecule has 1 unspecified atom stereocenters. The van der Waals surface area contributed by atoms with Crippen LogP contribution in [-0.2, 0) is 9.84 Å². The lowest BCUT2D eigenvalue weighted by atomic mass is 9.94. The van der Waals surface area contributed by atoms with Crippen molar-refractivity contribution in [2.24, 2.45) is 0 Å². The number of benzene rings is 2. The van der Waals surface area contributed by atoms with E-state index in [1.54, 1.807) is 0 Å². The van der Waals surface area contributed by atoms with E-state index in [0.717, 1.165) is 6.07 Å². The summed E-state index contributed by atoms with van der Waals surface area (Å²) >= 11 is 6.03. The van der Waals surface area contributed by atoms with Gasteiger partial charge in [0.05, 0.1) is 27.4 Å². The van der Waals surface area contributed by atoms with Gasteiger partial charge >= 0.3 is 0 Å². The molecule has 3 atom stereocenters. The third-order valence-electron chi connectivity index (χ3n) is 4.91. The van der Waals surface area contributed by atoms with E-state index in [4.69, 9.17) is 11.6 Å². The predicted octanol–water partition coefficient (Wildman–Crippen LogP) is 3.06. The molecule has 2 aromatic rings. The van der Waals surface area contributed by atoms with Crippen molar-refractivity contribution in [3.63, 3.8) is 0 Å². The normalized spacial score (nSPS) is 22.0. The first-order valence-electron chi connectivity index (χ1n) is 8.86. The molecule has 3 rings (SSSR count). The Hall–Kier alpha value is -2.14. The fourth-order valence-corrected chi connectivity index (χ4v) is 5.58. The number of carbonyl (C=O) groups is 1. The summed E-state index contributed by atoms with van der Waals surface area (Å²) in [5.41, 5.74) is -0.528. The van der Waals surface area contributed by atoms with E-state index in [1.807, 2.05) is 0 Å². The van der Waals surface area contributed by atoms with Crippen LogP contribution in [-0.4, -0.2) is 42.0 Å². The monoisotopic (exact) mass is 463 g/mol. The molecular weight excluding hydrogens is 447 g/mol. The highest BCUT2D eigenvalue weighted by molar-refractivity contribution is 7.92. The number of amides is 1. The van der Waals surface area contributed by atoms with Crippen LogP contribution < -0.4 is 5.32 Å². The van der Waals surface area contributed by atoms with E-state index < -0.39 is 50.7 Å². The minimum absolute atomic E-state index is 0.0879. The maximum absolute atomic E-state index is 13.3. The van der Waals surface area contributed by atoms with E-state index in [9.17, 15) is 36.6 Å². The second-order valence-electron chi connectivity index (χ2n) is 6.97. The van der Waals surface area contributed by atoms with Crippen molar-refractivity contribution in [1.82, 2.24) is 0 Å². The Labute approximate surface area is 175 Å². The SMILES string of the molecule is O=C(Nc1cc(F)c(F)c(F)c1)c1ccc(Cl)c(S(=O)(=O)C2CC[C@H](O)[C@H](O)C2)c1. The zero-order valence-electron chi connectivity index (χ0n) is 15.3. The molecule has 2 aromatic carbocycles. The number of hydrogen-bond acceptors (Lipinski definition) is 5. The number of sulfone groups is 1. The molecule has 1 saturated carbocycles. The average Bonchev–Trinajstić information content (AvgIpc) is 2.68. The number of carbonyl (C=O) groups excluding carboxylic acids is 1. The van der Waals surface area contributed by atoms with Crippen molar-refractivity contribution >= 4 is 33.0 Å². The Kier molecular flexibility index (Phi) is 6.42. The van der Waals surface area contributed by atoms with Gasteiger partial charge in [-0.25, -0.2) is 21.6 Å². The highest BCUT2D eigenvalue weighted by Gasteiger charge is 2.37. The van der Waals surface area contributed by atoms with Gasteiger partial charge in [0, 0.05) is 23.4 Å². The van der Waals surface area contributed by atoms with Gasteiger partial charge in [-0.05, 0) is 37.5 Å². The summed E-state index contributed by atoms with van der Waals surface area (Å²) in [5, 5.41) is 20.4. The second kappa shape index (κ2) is 8.54. The molecule has 1 amide bonds. The van der Waals surface area contributed by atoms with Crippen LogP contribution in [0.2, 0.25) is 5.02 Å². The summed E-state index contributed by atoms with van der Waals surface area (Å²) in [6, 6.07) is 4.58. The Morgan fingerprint density at radius 3 is 2.27 bits per heavy atom. The molecule has 6 nitrogen and oxygen atoms in total. The smallest absolute Gasteiger partial charge is 0.255 e. The predicted molar refractivity (Wildman–Crippen MR) is 103 cm³/mol. The molecule has 0 heterocycles. The summed E-state index contributed by atoms with van der Waals surface area (Å²) in [6.45, 7) is 0. The number of hydrogen-bond donors (Lipinski definition) is 3. The van der Waals surface area contributed by atoms with Gasteiger partial charge in [0.2, 0.25) is 0 Å². The van der Waals surface area contributed by atoms with Gasteiger partial charge in [0.25, 0.3) is 5.91 Å². The van der Waals surface area contributed by atoms with Crippen molar-refractivity contribution in [3.05, 3.63) is 58.4 Å². The van der Waals surface area contributed by atoms with Gasteiger partial charge < -0.3 is 15.5 Å². The zero-order chi connectivity index (χ0) is 22.2. The molecule has 0 bridgehead atoms. The van der Waals surface area contributed by atoms with Gasteiger partial charge in [0.1, 0.15) is 0 Å². The Morgan fingerprint density at radius 1 is 1.03 bits per heavy atom. The Morgan fingerprint density at radius 2 is 1.67 bits per heavy atom. The van der Waals surface area contributed by atoms with Crippen LogP contribution in [0.1, 0.15) is 29.6 Å². The molecule has 0 aromatic heterocycles. The summed E-state index contributed by atoms with van der Waals surface area (Å²) in [6.07, 6.45) is -2.22. The van der Waals surface area contributed by atoms with Gasteiger partial charge in [-0.3, -0.25) is 4.79 Å². The van der Waals surface area contributed by atoms with Crippen molar-refractivity contribution in [1.29, 1.82) is 0 Å². The molecule has 0 spiro atoms. The largest absolute Gasteiger partial charge is 0.390 e. The van der Waals surface area contributed by atoms with Gasteiger partial charge in [-0.1, -0.05) is 11.6 Å². The molecule has 30 heavy (non-hydrogen) atoms. The maximum atomic E-state index is 13.3. The zero-order valence-corrected chi connectivity index (χ0v) is 16.9. The lowest BCUT2D eigenvalue weighted by Gasteiger charge is -2.30. The Balaban J connectivity index is 1.88. The number of nitrogens with one attached hydrogen (secondary N) is 1. The molecule has 0 saturated heterocycles. The quantitative estimate of drug-likeness (QED) is 0.605. The topological polar surface area (TPSA) is 104 Å². The fraction of sp³-hybridized carbons (Fsp3) is 0.316. The van der Waals surface area contributed by atoms with Gasteiger partial charge in [0.15, 0.2) is 27.3 Å². The summed E-state index contributed by atoms with van der Waals surface area (Å²) in [7, 11) is -4.05. The van der Waals surface area contributed by atoms with Crippen molar-refractivity contribution in [3.8, 4) is 0 Å². The van der Waals surface area contributed by atoms with Crippen molar-refractivity contribution < 1.29 is 36.6 Å². The molecule has 1 aliphatic rings. The highest BCUT2D eigenvalue weighted by Crippen LogP contribution is 2.33. The Bertz CT molecular complexity index is 1070. The first-order chi connectivity index (χ1) is 14.0. The second-order valence-corrected chi connectivity index (χ2v) is 9.57. The first-order valence-corrected chi connectivity index (χ1v) is 10.8. The number of aliphatic hydroxyl groups is 2. The molecule has 0 aliphatic heterocycles. The van der Waals surface area contributed by atoms with Crippen LogP contribution in [0, 0.1) is 17.5 Å². The number of rotatable bonds is 4. The van der Waals surface area contributed by atoms with E-state index in [-0.39, 0.29) is 40.4 Å². The van der Waals surface area contributed by atoms with Crippen LogP contribution in [0.5, 0.6) is 0 Å². The van der Waals surface area contributed by atoms with Crippen LogP contribution in [0.4, 0.5) is 18.9 Å². The molecule has 11 heteroatoms. The standard InChI is InChI=1S/C19H17ClF3NO5S/c20-12-3-1-9(19(27)24-10-6-13(21)18(23)14(22)7-10)5-17(12)30(28,29)11-2-4-15(25)16(26)8-11/h1,3,5-7,11,15-16,25-26H,2,4,8H2,(H,24,27)/t11?,15-,16+/m0/s1. The molecular formula is C19H17ClF3NO5S. The van der Waals surface area contributed by atoms with Crippen molar-refractivity contribution in [2.45, 2.75) is 41.6 Å². The highest BCUT2D eigenvalue weighted by atomic mass is 35.5. The molecule has 0 radical (unpaired) electrons. The fourth-order valence-electron chi connectivity index (χ4n) is 3.25. The minimum Gasteiger partial charge on any atom is -0.390 e. The molecule has 1 aliphatic carbocycles. The van der Waals surface area contributed by atoms with E-state index in [0.29, 0.717) is 12.1 Å². The van der Waals surface area contributed by atoms with Crippen LogP contribution >= 0.6 is 11.6 Å². The molecule has 3 N–H and O–H groups in total. The third-order valence-corrected chi connectivity index (χ3v) is 7.61. The van der Waals surface area contributed by atoms with Gasteiger partial charge in [-0.15, -0.1) is 0 Å². The molecule has 1 fully saturated rings. The third kappa shape index (κ3) is 4.46. The van der Waals surface area contributed by atoms with Crippen LogP contribution in [0.3, 0.4) is 0 Å². The van der Waals surface area contributed by atoms with Crippen molar-refractivity contribution in [2.75, 3.05) is 5.32 Å². The summed E-state index contributed by atoms with van der Waals surface area (Å²) < 4.78 is 65.7. The van der Waals surface area contributed by atoms with Crippen LogP contribution in [0.15, 0.2) is 35.2 Å². The van der Waals surface area contributed by atoms with E-state index in [2.05, 4.69) is 5.32 Å².